The maximum Gasteiger partial charge on any atom is 0.303 e. The quantitative estimate of drug-likeness (QED) is 0.792. The lowest BCUT2D eigenvalue weighted by Crippen LogP contribution is -2.03. The fourth-order valence-electron chi connectivity index (χ4n) is 1.35. The molecule has 5 heteroatoms. The highest BCUT2D eigenvalue weighted by molar-refractivity contribution is 9.10. The summed E-state index contributed by atoms with van der Waals surface area (Å²) in [5.41, 5.74) is 1.52. The number of unbranched alkanes of at least 4 members (excludes halogenated alkanes) is 1. The van der Waals surface area contributed by atoms with Crippen LogP contribution in [0.3, 0.4) is 0 Å². The summed E-state index contributed by atoms with van der Waals surface area (Å²) in [6.07, 6.45) is 1.68. The van der Waals surface area contributed by atoms with Gasteiger partial charge < -0.3 is 10.4 Å². The normalized spacial score (nSPS) is 9.65. The molecular weight excluding hydrogens is 284 g/mol. The molecular formula is C12H13BrN2O2. The van der Waals surface area contributed by atoms with Crippen LogP contribution < -0.4 is 5.32 Å². The monoisotopic (exact) mass is 296 g/mol. The summed E-state index contributed by atoms with van der Waals surface area (Å²) >= 11 is 3.31. The van der Waals surface area contributed by atoms with Crippen LogP contribution in [-0.4, -0.2) is 17.6 Å². The van der Waals surface area contributed by atoms with Gasteiger partial charge in [0.2, 0.25) is 0 Å². The van der Waals surface area contributed by atoms with Gasteiger partial charge in [-0.3, -0.25) is 4.79 Å². The summed E-state index contributed by atoms with van der Waals surface area (Å²) in [6.45, 7) is 0.728. The van der Waals surface area contributed by atoms with E-state index in [1.165, 1.54) is 0 Å². The highest BCUT2D eigenvalue weighted by Gasteiger charge is 2.00. The molecule has 0 atom stereocenters. The van der Waals surface area contributed by atoms with Crippen LogP contribution in [0.25, 0.3) is 0 Å². The fraction of sp³-hybridized carbons (Fsp3) is 0.333. The molecule has 1 rings (SSSR count). The number of hydrogen-bond acceptors (Lipinski definition) is 3. The predicted molar refractivity (Wildman–Crippen MR) is 68.8 cm³/mol. The second kappa shape index (κ2) is 6.92. The molecule has 0 amide bonds. The van der Waals surface area contributed by atoms with Crippen molar-refractivity contribution in [1.29, 1.82) is 5.26 Å². The second-order valence-corrected chi connectivity index (χ2v) is 4.44. The Hall–Kier alpha value is -1.54. The van der Waals surface area contributed by atoms with Crippen LogP contribution in [0, 0.1) is 11.3 Å². The van der Waals surface area contributed by atoms with Crippen molar-refractivity contribution >= 4 is 27.6 Å². The Morgan fingerprint density at radius 3 is 2.82 bits per heavy atom. The number of aliphatic carboxylic acids is 1. The van der Waals surface area contributed by atoms with Gasteiger partial charge in [-0.2, -0.15) is 5.26 Å². The lowest BCUT2D eigenvalue weighted by molar-refractivity contribution is -0.137. The molecule has 2 N–H and O–H groups in total. The van der Waals surface area contributed by atoms with E-state index in [2.05, 4.69) is 27.3 Å². The average molecular weight is 297 g/mol. The Balaban J connectivity index is 2.35. The van der Waals surface area contributed by atoms with Crippen molar-refractivity contribution in [2.24, 2.45) is 0 Å². The first-order valence-corrected chi connectivity index (χ1v) is 6.08. The maximum absolute atomic E-state index is 10.3. The van der Waals surface area contributed by atoms with E-state index in [1.807, 2.05) is 12.1 Å². The summed E-state index contributed by atoms with van der Waals surface area (Å²) in [6, 6.07) is 7.49. The van der Waals surface area contributed by atoms with E-state index < -0.39 is 5.97 Å². The third-order valence-corrected chi connectivity index (χ3v) is 2.89. The molecule has 0 aliphatic carbocycles. The van der Waals surface area contributed by atoms with E-state index in [0.29, 0.717) is 12.0 Å². The lowest BCUT2D eigenvalue weighted by Gasteiger charge is -2.06. The molecule has 1 aromatic carbocycles. The minimum Gasteiger partial charge on any atom is -0.481 e. The van der Waals surface area contributed by atoms with E-state index in [1.54, 1.807) is 6.07 Å². The van der Waals surface area contributed by atoms with Gasteiger partial charge in [-0.15, -0.1) is 0 Å². The summed E-state index contributed by atoms with van der Waals surface area (Å²) in [5.74, 6) is -0.758. The van der Waals surface area contributed by atoms with Crippen molar-refractivity contribution in [3.8, 4) is 6.07 Å². The van der Waals surface area contributed by atoms with Crippen molar-refractivity contribution in [2.75, 3.05) is 11.9 Å². The number of halogens is 1. The standard InChI is InChI=1S/C12H13BrN2O2/c13-11-7-10(5-4-9(11)8-14)15-6-2-1-3-12(16)17/h4-5,7,15H,1-3,6H2,(H,16,17). The third kappa shape index (κ3) is 4.87. The fourth-order valence-corrected chi connectivity index (χ4v) is 1.82. The highest BCUT2D eigenvalue weighted by atomic mass is 79.9. The number of benzene rings is 1. The van der Waals surface area contributed by atoms with Crippen LogP contribution in [-0.2, 0) is 4.79 Å². The first-order chi connectivity index (χ1) is 8.13. The molecule has 4 nitrogen and oxygen atoms in total. The van der Waals surface area contributed by atoms with E-state index in [-0.39, 0.29) is 6.42 Å². The van der Waals surface area contributed by atoms with Gasteiger partial charge in [0.15, 0.2) is 0 Å². The molecule has 0 heterocycles. The van der Waals surface area contributed by atoms with E-state index >= 15 is 0 Å². The van der Waals surface area contributed by atoms with E-state index in [4.69, 9.17) is 10.4 Å². The number of rotatable bonds is 6. The first-order valence-electron chi connectivity index (χ1n) is 5.29. The predicted octanol–water partition coefficient (Wildman–Crippen LogP) is 2.99. The number of carboxylic acids is 1. The van der Waals surface area contributed by atoms with Gasteiger partial charge in [-0.25, -0.2) is 0 Å². The van der Waals surface area contributed by atoms with Crippen molar-refractivity contribution < 1.29 is 9.90 Å². The Bertz CT molecular complexity index is 441. The lowest BCUT2D eigenvalue weighted by atomic mass is 10.2. The van der Waals surface area contributed by atoms with Gasteiger partial charge in [0.25, 0.3) is 0 Å². The minimum absolute atomic E-state index is 0.207. The summed E-state index contributed by atoms with van der Waals surface area (Å²) in [4.78, 5) is 10.3. The third-order valence-electron chi connectivity index (χ3n) is 2.24. The number of carboxylic acid groups (broad SMARTS) is 1. The minimum atomic E-state index is -0.758. The van der Waals surface area contributed by atoms with Gasteiger partial charge in [0.05, 0.1) is 5.56 Å². The van der Waals surface area contributed by atoms with Crippen molar-refractivity contribution in [2.45, 2.75) is 19.3 Å². The molecule has 0 aliphatic rings. The van der Waals surface area contributed by atoms with Crippen LogP contribution in [0.4, 0.5) is 5.69 Å². The number of nitriles is 1. The zero-order valence-corrected chi connectivity index (χ0v) is 10.8. The molecule has 0 aliphatic heterocycles. The topological polar surface area (TPSA) is 73.1 Å². The van der Waals surface area contributed by atoms with Crippen molar-refractivity contribution in [3.05, 3.63) is 28.2 Å². The summed E-state index contributed by atoms with van der Waals surface area (Å²) in [7, 11) is 0. The SMILES string of the molecule is N#Cc1ccc(NCCCCC(=O)O)cc1Br. The number of nitrogens with zero attached hydrogens (tertiary/aromatic N) is 1. The number of hydrogen-bond donors (Lipinski definition) is 2. The first kappa shape index (κ1) is 13.5. The number of anilines is 1. The summed E-state index contributed by atoms with van der Waals surface area (Å²) in [5, 5.41) is 20.4. The van der Waals surface area contributed by atoms with Gasteiger partial charge in [0.1, 0.15) is 6.07 Å². The van der Waals surface area contributed by atoms with Crippen molar-refractivity contribution in [1.82, 2.24) is 0 Å². The number of carbonyl (C=O) groups is 1. The van der Waals surface area contributed by atoms with Crippen LogP contribution in [0.1, 0.15) is 24.8 Å². The van der Waals surface area contributed by atoms with Gasteiger partial charge in [-0.1, -0.05) is 0 Å². The molecule has 90 valence electrons. The average Bonchev–Trinajstić information content (AvgIpc) is 2.28. The largest absolute Gasteiger partial charge is 0.481 e. The molecule has 0 saturated heterocycles. The van der Waals surface area contributed by atoms with Crippen molar-refractivity contribution in [3.63, 3.8) is 0 Å². The molecule has 0 saturated carbocycles. The maximum atomic E-state index is 10.3. The molecule has 1 aromatic rings. The van der Waals surface area contributed by atoms with Crippen LogP contribution >= 0.6 is 15.9 Å². The van der Waals surface area contributed by atoms with Gasteiger partial charge >= 0.3 is 5.97 Å². The Morgan fingerprint density at radius 1 is 1.47 bits per heavy atom. The Kier molecular flexibility index (Phi) is 5.50. The molecule has 0 unspecified atom stereocenters. The second-order valence-electron chi connectivity index (χ2n) is 3.58. The van der Waals surface area contributed by atoms with E-state index in [0.717, 1.165) is 23.1 Å². The molecule has 0 fully saturated rings. The highest BCUT2D eigenvalue weighted by Crippen LogP contribution is 2.20. The smallest absolute Gasteiger partial charge is 0.303 e. The summed E-state index contributed by atoms with van der Waals surface area (Å²) < 4.78 is 0.760. The molecule has 17 heavy (non-hydrogen) atoms. The molecule has 0 bridgehead atoms. The van der Waals surface area contributed by atoms with Gasteiger partial charge in [-0.05, 0) is 47.0 Å². The zero-order chi connectivity index (χ0) is 12.7. The Morgan fingerprint density at radius 2 is 2.24 bits per heavy atom. The molecule has 0 aromatic heterocycles. The van der Waals surface area contributed by atoms with E-state index in [9.17, 15) is 4.79 Å². The van der Waals surface area contributed by atoms with Crippen LogP contribution in [0.15, 0.2) is 22.7 Å². The molecule has 0 spiro atoms. The molecule has 0 radical (unpaired) electrons. The zero-order valence-electron chi connectivity index (χ0n) is 9.24. The van der Waals surface area contributed by atoms with Gasteiger partial charge in [0, 0.05) is 23.1 Å². The Labute approximate surface area is 108 Å². The van der Waals surface area contributed by atoms with Crippen LogP contribution in [0.5, 0.6) is 0 Å². The number of nitrogens with one attached hydrogen (secondary N) is 1. The van der Waals surface area contributed by atoms with Crippen LogP contribution in [0.2, 0.25) is 0 Å².